The largest absolute Gasteiger partial charge is 0.382 e. The number of rotatable bonds is 5. The lowest BCUT2D eigenvalue weighted by Crippen LogP contribution is -2.41. The molecule has 2 amide bonds. The lowest BCUT2D eigenvalue weighted by molar-refractivity contribution is -0.125. The molecule has 0 unspecified atom stereocenters. The van der Waals surface area contributed by atoms with Crippen LogP contribution < -0.4 is 16.4 Å². The molecule has 1 aromatic carbocycles. The van der Waals surface area contributed by atoms with Crippen molar-refractivity contribution in [3.05, 3.63) is 47.1 Å². The van der Waals surface area contributed by atoms with Gasteiger partial charge in [0.25, 0.3) is 0 Å². The molecule has 0 aliphatic carbocycles. The van der Waals surface area contributed by atoms with Crippen molar-refractivity contribution in [1.82, 2.24) is 35.1 Å². The number of imidazole rings is 1. The van der Waals surface area contributed by atoms with E-state index in [9.17, 15) is 9.59 Å². The van der Waals surface area contributed by atoms with Gasteiger partial charge in [-0.25, -0.2) is 15.0 Å². The Morgan fingerprint density at radius 2 is 2.16 bits per heavy atom. The van der Waals surface area contributed by atoms with Gasteiger partial charge >= 0.3 is 0 Å². The first-order chi connectivity index (χ1) is 15.0. The van der Waals surface area contributed by atoms with Crippen LogP contribution in [-0.4, -0.2) is 42.4 Å². The van der Waals surface area contributed by atoms with Gasteiger partial charge in [0.15, 0.2) is 11.5 Å². The highest BCUT2D eigenvalue weighted by molar-refractivity contribution is 6.31. The lowest BCUT2D eigenvalue weighted by Gasteiger charge is -2.10. The predicted molar refractivity (Wildman–Crippen MR) is 115 cm³/mol. The summed E-state index contributed by atoms with van der Waals surface area (Å²) in [5, 5.41) is 7.07. The van der Waals surface area contributed by atoms with Crippen LogP contribution in [0.2, 0.25) is 5.02 Å². The van der Waals surface area contributed by atoms with E-state index in [-0.39, 0.29) is 11.8 Å². The van der Waals surface area contributed by atoms with E-state index in [4.69, 9.17) is 17.3 Å². The molecule has 158 valence electrons. The van der Waals surface area contributed by atoms with Gasteiger partial charge in [0.05, 0.1) is 24.9 Å². The minimum Gasteiger partial charge on any atom is -0.382 e. The molecule has 31 heavy (non-hydrogen) atoms. The number of benzene rings is 1. The number of aromatic amines is 1. The summed E-state index contributed by atoms with van der Waals surface area (Å²) >= 11 is 6.35. The van der Waals surface area contributed by atoms with Crippen molar-refractivity contribution in [3.8, 4) is 0 Å². The maximum absolute atomic E-state index is 12.3. The molecule has 5 rings (SSSR count). The van der Waals surface area contributed by atoms with Crippen molar-refractivity contribution >= 4 is 51.3 Å². The number of fused-ring (bicyclic) bond motifs is 2. The highest BCUT2D eigenvalue weighted by atomic mass is 35.5. The predicted octanol–water partition coefficient (Wildman–Crippen LogP) is 1.49. The van der Waals surface area contributed by atoms with Crippen LogP contribution in [0.3, 0.4) is 0 Å². The van der Waals surface area contributed by atoms with Crippen LogP contribution in [0.4, 0.5) is 5.82 Å². The summed E-state index contributed by atoms with van der Waals surface area (Å²) in [6.07, 6.45) is 3.98. The van der Waals surface area contributed by atoms with Gasteiger partial charge in [-0.2, -0.15) is 0 Å². The summed E-state index contributed by atoms with van der Waals surface area (Å²) in [6, 6.07) is 5.23. The van der Waals surface area contributed by atoms with Gasteiger partial charge in [-0.05, 0) is 30.2 Å². The van der Waals surface area contributed by atoms with Crippen molar-refractivity contribution in [2.75, 3.05) is 5.73 Å². The molecule has 3 aromatic heterocycles. The fourth-order valence-corrected chi connectivity index (χ4v) is 4.12. The maximum atomic E-state index is 12.3. The zero-order chi connectivity index (χ0) is 21.5. The van der Waals surface area contributed by atoms with E-state index >= 15 is 0 Å². The van der Waals surface area contributed by atoms with Gasteiger partial charge < -0.3 is 25.9 Å². The molecule has 1 fully saturated rings. The molecule has 10 nitrogen and oxygen atoms in total. The Labute approximate surface area is 181 Å². The topological polar surface area (TPSA) is 144 Å². The summed E-state index contributed by atoms with van der Waals surface area (Å²) < 4.78 is 1.88. The molecule has 1 atom stereocenters. The van der Waals surface area contributed by atoms with Gasteiger partial charge in [0.2, 0.25) is 11.8 Å². The second-order valence-electron chi connectivity index (χ2n) is 7.50. The van der Waals surface area contributed by atoms with Crippen LogP contribution in [0.25, 0.3) is 22.1 Å². The number of aromatic nitrogens is 5. The van der Waals surface area contributed by atoms with Crippen LogP contribution in [0.1, 0.15) is 24.1 Å². The number of nitrogens with two attached hydrogens (primary N) is 1. The maximum Gasteiger partial charge on any atom is 0.242 e. The van der Waals surface area contributed by atoms with E-state index in [2.05, 4.69) is 30.6 Å². The van der Waals surface area contributed by atoms with E-state index in [1.54, 1.807) is 6.33 Å². The number of nitrogens with one attached hydrogen (secondary N) is 3. The number of nitrogen functional groups attached to an aromatic ring is 1. The molecule has 4 heterocycles. The van der Waals surface area contributed by atoms with Crippen molar-refractivity contribution in [3.63, 3.8) is 0 Å². The van der Waals surface area contributed by atoms with Crippen LogP contribution >= 0.6 is 11.6 Å². The normalized spacial score (nSPS) is 16.2. The summed E-state index contributed by atoms with van der Waals surface area (Å²) in [4.78, 5) is 39.5. The van der Waals surface area contributed by atoms with Crippen molar-refractivity contribution in [1.29, 1.82) is 0 Å². The Hall–Kier alpha value is -3.66. The monoisotopic (exact) mass is 438 g/mol. The molecule has 1 aliphatic heterocycles. The Balaban J connectivity index is 1.40. The third kappa shape index (κ3) is 3.66. The molecule has 5 N–H and O–H groups in total. The number of H-pyrrole nitrogens is 1. The number of hydrogen-bond donors (Lipinski definition) is 4. The molecule has 0 saturated carbocycles. The van der Waals surface area contributed by atoms with Crippen LogP contribution in [0.5, 0.6) is 0 Å². The first-order valence-electron chi connectivity index (χ1n) is 9.76. The van der Waals surface area contributed by atoms with Crippen molar-refractivity contribution in [2.24, 2.45) is 0 Å². The number of halogens is 1. The minimum absolute atomic E-state index is 0.0934. The number of carbonyl (C=O) groups is 2. The number of carbonyl (C=O) groups excluding carboxylic acids is 2. The molecule has 0 radical (unpaired) electrons. The minimum atomic E-state index is -0.467. The van der Waals surface area contributed by atoms with Crippen LogP contribution in [-0.2, 0) is 22.7 Å². The van der Waals surface area contributed by atoms with Gasteiger partial charge in [0, 0.05) is 22.5 Å². The molecule has 1 aliphatic rings. The Morgan fingerprint density at radius 1 is 1.29 bits per heavy atom. The SMILES string of the molecule is Nc1ncnc2c1ncn2Cc1cc(Cl)cc2cc(CNC(=O)[C@@H]3CCC(=O)N3)[nH]c12. The highest BCUT2D eigenvalue weighted by Crippen LogP contribution is 2.26. The summed E-state index contributed by atoms with van der Waals surface area (Å²) in [5.74, 6) is 0.0466. The van der Waals surface area contributed by atoms with E-state index in [1.165, 1.54) is 6.33 Å². The van der Waals surface area contributed by atoms with E-state index in [1.807, 2.05) is 22.8 Å². The van der Waals surface area contributed by atoms with Gasteiger partial charge in [-0.3, -0.25) is 9.59 Å². The number of hydrogen-bond acceptors (Lipinski definition) is 6. The zero-order valence-corrected chi connectivity index (χ0v) is 17.1. The van der Waals surface area contributed by atoms with Gasteiger partial charge in [-0.15, -0.1) is 0 Å². The van der Waals surface area contributed by atoms with E-state index in [0.29, 0.717) is 47.9 Å². The molecule has 11 heteroatoms. The van der Waals surface area contributed by atoms with E-state index in [0.717, 1.165) is 22.2 Å². The van der Waals surface area contributed by atoms with Crippen molar-refractivity contribution in [2.45, 2.75) is 32.0 Å². The first-order valence-corrected chi connectivity index (χ1v) is 10.1. The zero-order valence-electron chi connectivity index (χ0n) is 16.4. The summed E-state index contributed by atoms with van der Waals surface area (Å²) in [5.41, 5.74) is 9.75. The Bertz CT molecular complexity index is 1330. The second kappa shape index (κ2) is 7.55. The molecule has 4 aromatic rings. The van der Waals surface area contributed by atoms with Crippen molar-refractivity contribution < 1.29 is 9.59 Å². The standard InChI is InChI=1S/C20H19ClN8O2/c21-12-3-10-5-13(6-23-20(31)14-1-2-15(30)28-14)27-16(10)11(4-12)7-29-9-26-17-18(22)24-8-25-19(17)29/h3-5,8-9,14,27H,1-2,6-7H2,(H,23,31)(H,28,30)(H2,22,24,25)/t14-/m0/s1. The third-order valence-electron chi connectivity index (χ3n) is 5.37. The number of amides is 2. The summed E-state index contributed by atoms with van der Waals surface area (Å²) in [6.45, 7) is 0.791. The first kappa shape index (κ1) is 19.3. The Kier molecular flexibility index (Phi) is 4.70. The van der Waals surface area contributed by atoms with Gasteiger partial charge in [-0.1, -0.05) is 11.6 Å². The smallest absolute Gasteiger partial charge is 0.242 e. The number of anilines is 1. The third-order valence-corrected chi connectivity index (χ3v) is 5.58. The van der Waals surface area contributed by atoms with E-state index < -0.39 is 6.04 Å². The molecular weight excluding hydrogens is 420 g/mol. The van der Waals surface area contributed by atoms with Crippen LogP contribution in [0, 0.1) is 0 Å². The molecular formula is C20H19ClN8O2. The fourth-order valence-electron chi connectivity index (χ4n) is 3.87. The molecule has 1 saturated heterocycles. The molecule has 0 spiro atoms. The second-order valence-corrected chi connectivity index (χ2v) is 7.94. The fraction of sp³-hybridized carbons (Fsp3) is 0.250. The highest BCUT2D eigenvalue weighted by Gasteiger charge is 2.26. The summed E-state index contributed by atoms with van der Waals surface area (Å²) in [7, 11) is 0. The molecule has 0 bridgehead atoms. The quantitative estimate of drug-likeness (QED) is 0.371. The Morgan fingerprint density at radius 3 is 2.97 bits per heavy atom. The van der Waals surface area contributed by atoms with Gasteiger partial charge in [0.1, 0.15) is 17.9 Å². The average Bonchev–Trinajstić information content (AvgIpc) is 3.45. The van der Waals surface area contributed by atoms with Crippen LogP contribution in [0.15, 0.2) is 30.9 Å². The number of nitrogens with zero attached hydrogens (tertiary/aromatic N) is 4. The lowest BCUT2D eigenvalue weighted by atomic mass is 10.1. The average molecular weight is 439 g/mol.